The molecule has 30 heavy (non-hydrogen) atoms. The molecule has 8 heteroatoms. The molecule has 152 valence electrons. The van der Waals surface area contributed by atoms with Crippen molar-refractivity contribution < 1.29 is 13.9 Å². The van der Waals surface area contributed by atoms with Gasteiger partial charge in [-0.2, -0.15) is 0 Å². The minimum atomic E-state index is -0.410. The van der Waals surface area contributed by atoms with E-state index in [0.29, 0.717) is 27.7 Å². The highest BCUT2D eigenvalue weighted by Crippen LogP contribution is 2.27. The van der Waals surface area contributed by atoms with Crippen LogP contribution in [0.3, 0.4) is 0 Å². The molecule has 1 N–H and O–H groups in total. The highest BCUT2D eigenvalue weighted by atomic mass is 32.1. The van der Waals surface area contributed by atoms with Gasteiger partial charge in [-0.25, -0.2) is 9.37 Å². The summed E-state index contributed by atoms with van der Waals surface area (Å²) in [6, 6.07) is 12.1. The second-order valence-corrected chi connectivity index (χ2v) is 8.04. The average molecular weight is 423 g/mol. The largest absolute Gasteiger partial charge is 0.485 e. The quantitative estimate of drug-likeness (QED) is 0.518. The lowest BCUT2D eigenvalue weighted by Gasteiger charge is -2.13. The number of hydrogen-bond donors (Lipinski definition) is 1. The van der Waals surface area contributed by atoms with E-state index in [0.717, 1.165) is 10.4 Å². The maximum Gasteiger partial charge on any atom is 0.258 e. The Hall–Kier alpha value is -3.52. The summed E-state index contributed by atoms with van der Waals surface area (Å²) in [5.74, 6) is -0.336. The van der Waals surface area contributed by atoms with Crippen molar-refractivity contribution in [1.82, 2.24) is 9.38 Å². The normalized spacial score (nSPS) is 10.9. The summed E-state index contributed by atoms with van der Waals surface area (Å²) in [5.41, 5.74) is 2.08. The van der Waals surface area contributed by atoms with Gasteiger partial charge in [0.15, 0.2) is 4.96 Å². The number of hydrogen-bond acceptors (Lipinski definition) is 5. The van der Waals surface area contributed by atoms with Crippen molar-refractivity contribution in [1.29, 1.82) is 0 Å². The molecule has 0 aliphatic carbocycles. The van der Waals surface area contributed by atoms with Gasteiger partial charge in [0.2, 0.25) is 0 Å². The van der Waals surface area contributed by atoms with Crippen LogP contribution in [-0.4, -0.2) is 15.3 Å². The van der Waals surface area contributed by atoms with Crippen molar-refractivity contribution in [3.8, 4) is 5.75 Å². The molecule has 0 spiro atoms. The minimum absolute atomic E-state index is 0.0750. The van der Waals surface area contributed by atoms with E-state index in [1.807, 2.05) is 19.9 Å². The molecule has 2 heterocycles. The SMILES string of the molecule is Cc1ccc(NC(=O)c2ccc(F)cc2)c(OCc2cc(=O)n3cc(C)sc3n2)c1. The second kappa shape index (κ2) is 8.08. The number of aromatic nitrogens is 2. The van der Waals surface area contributed by atoms with Crippen molar-refractivity contribution in [2.75, 3.05) is 5.32 Å². The maximum absolute atomic E-state index is 13.1. The lowest BCUT2D eigenvalue weighted by atomic mass is 10.1. The molecule has 4 rings (SSSR count). The molecule has 0 fully saturated rings. The summed E-state index contributed by atoms with van der Waals surface area (Å²) in [5, 5.41) is 2.78. The molecule has 0 saturated heterocycles. The van der Waals surface area contributed by atoms with Gasteiger partial charge in [-0.1, -0.05) is 6.07 Å². The van der Waals surface area contributed by atoms with E-state index >= 15 is 0 Å². The predicted molar refractivity (Wildman–Crippen MR) is 114 cm³/mol. The Bertz CT molecular complexity index is 1300. The number of benzene rings is 2. The topological polar surface area (TPSA) is 72.7 Å². The summed E-state index contributed by atoms with van der Waals surface area (Å²) < 4.78 is 20.5. The lowest BCUT2D eigenvalue weighted by molar-refractivity contribution is 0.102. The van der Waals surface area contributed by atoms with E-state index in [2.05, 4.69) is 10.3 Å². The van der Waals surface area contributed by atoms with Gasteiger partial charge in [-0.05, 0) is 55.8 Å². The lowest BCUT2D eigenvalue weighted by Crippen LogP contribution is -2.15. The first-order valence-electron chi connectivity index (χ1n) is 9.18. The number of fused-ring (bicyclic) bond motifs is 1. The Morgan fingerprint density at radius 1 is 1.17 bits per heavy atom. The molecule has 1 amide bonds. The van der Waals surface area contributed by atoms with Crippen LogP contribution in [-0.2, 0) is 6.61 Å². The van der Waals surface area contributed by atoms with Gasteiger partial charge in [0.1, 0.15) is 18.2 Å². The molecule has 0 radical (unpaired) electrons. The molecule has 0 atom stereocenters. The summed E-state index contributed by atoms with van der Waals surface area (Å²) in [6.45, 7) is 3.90. The number of carbonyl (C=O) groups is 1. The molecule has 0 aliphatic heterocycles. The van der Waals surface area contributed by atoms with Crippen LogP contribution in [0.25, 0.3) is 4.96 Å². The number of aryl methyl sites for hydroxylation is 2. The fourth-order valence-corrected chi connectivity index (χ4v) is 3.78. The van der Waals surface area contributed by atoms with Gasteiger partial charge in [0, 0.05) is 22.7 Å². The number of ether oxygens (including phenoxy) is 1. The molecular formula is C22H18FN3O3S. The zero-order valence-corrected chi connectivity index (χ0v) is 17.1. The van der Waals surface area contributed by atoms with Crippen LogP contribution >= 0.6 is 11.3 Å². The van der Waals surface area contributed by atoms with E-state index in [1.54, 1.807) is 18.3 Å². The maximum atomic E-state index is 13.1. The van der Waals surface area contributed by atoms with Crippen molar-refractivity contribution in [3.05, 3.63) is 92.6 Å². The van der Waals surface area contributed by atoms with Crippen LogP contribution in [0, 0.1) is 19.7 Å². The smallest absolute Gasteiger partial charge is 0.258 e. The molecule has 4 aromatic rings. The summed E-state index contributed by atoms with van der Waals surface area (Å²) >= 11 is 1.43. The summed E-state index contributed by atoms with van der Waals surface area (Å²) in [4.78, 5) is 30.8. The van der Waals surface area contributed by atoms with Crippen LogP contribution in [0.2, 0.25) is 0 Å². The molecular weight excluding hydrogens is 405 g/mol. The molecule has 6 nitrogen and oxygen atoms in total. The first-order chi connectivity index (χ1) is 14.4. The van der Waals surface area contributed by atoms with Crippen LogP contribution < -0.4 is 15.6 Å². The van der Waals surface area contributed by atoms with Crippen molar-refractivity contribution in [3.63, 3.8) is 0 Å². The molecule has 2 aromatic carbocycles. The van der Waals surface area contributed by atoms with E-state index in [9.17, 15) is 14.0 Å². The van der Waals surface area contributed by atoms with E-state index < -0.39 is 5.82 Å². The van der Waals surface area contributed by atoms with Crippen molar-refractivity contribution in [2.24, 2.45) is 0 Å². The monoisotopic (exact) mass is 423 g/mol. The van der Waals surface area contributed by atoms with Gasteiger partial charge in [0.25, 0.3) is 11.5 Å². The molecule has 0 saturated carbocycles. The van der Waals surface area contributed by atoms with E-state index in [1.165, 1.54) is 46.1 Å². The van der Waals surface area contributed by atoms with Crippen LogP contribution in [0.4, 0.5) is 10.1 Å². The first kappa shape index (κ1) is 19.8. The Morgan fingerprint density at radius 3 is 2.70 bits per heavy atom. The first-order valence-corrected chi connectivity index (χ1v) is 10.00. The number of nitrogens with one attached hydrogen (secondary N) is 1. The van der Waals surface area contributed by atoms with E-state index in [-0.39, 0.29) is 18.1 Å². The molecule has 0 aliphatic rings. The third kappa shape index (κ3) is 4.23. The minimum Gasteiger partial charge on any atom is -0.485 e. The Labute approximate surface area is 175 Å². The Morgan fingerprint density at radius 2 is 1.93 bits per heavy atom. The molecule has 0 unspecified atom stereocenters. The zero-order chi connectivity index (χ0) is 21.3. The predicted octanol–water partition coefficient (Wildman–Crippen LogP) is 4.34. The van der Waals surface area contributed by atoms with Crippen LogP contribution in [0.15, 0.2) is 59.5 Å². The number of nitrogens with zero attached hydrogens (tertiary/aromatic N) is 2. The highest BCUT2D eigenvalue weighted by molar-refractivity contribution is 7.16. The number of thiazole rings is 1. The third-order valence-electron chi connectivity index (χ3n) is 4.40. The highest BCUT2D eigenvalue weighted by Gasteiger charge is 2.12. The van der Waals surface area contributed by atoms with Gasteiger partial charge < -0.3 is 10.1 Å². The summed E-state index contributed by atoms with van der Waals surface area (Å²) in [7, 11) is 0. The number of halogens is 1. The third-order valence-corrected chi connectivity index (χ3v) is 5.30. The summed E-state index contributed by atoms with van der Waals surface area (Å²) in [6.07, 6.45) is 1.75. The standard InChI is InChI=1S/C22H18FN3O3S/c1-13-3-8-18(25-21(28)15-4-6-16(23)7-5-15)19(9-13)29-12-17-10-20(27)26-11-14(2)30-22(26)24-17/h3-11H,12H2,1-2H3,(H,25,28). The second-order valence-electron chi connectivity index (χ2n) is 6.83. The van der Waals surface area contributed by atoms with Gasteiger partial charge >= 0.3 is 0 Å². The van der Waals surface area contributed by atoms with Crippen LogP contribution in [0.1, 0.15) is 26.5 Å². The van der Waals surface area contributed by atoms with E-state index in [4.69, 9.17) is 4.74 Å². The number of anilines is 1. The molecule has 0 bridgehead atoms. The number of carbonyl (C=O) groups excluding carboxylic acids is 1. The average Bonchev–Trinajstić information content (AvgIpc) is 3.09. The van der Waals surface area contributed by atoms with Crippen molar-refractivity contribution >= 4 is 27.9 Å². The van der Waals surface area contributed by atoms with Gasteiger partial charge in [0.05, 0.1) is 11.4 Å². The van der Waals surface area contributed by atoms with Crippen molar-refractivity contribution in [2.45, 2.75) is 20.5 Å². The van der Waals surface area contributed by atoms with Crippen LogP contribution in [0.5, 0.6) is 5.75 Å². The number of amides is 1. The Kier molecular flexibility index (Phi) is 5.33. The van der Waals surface area contributed by atoms with Gasteiger partial charge in [-0.3, -0.25) is 14.0 Å². The Balaban J connectivity index is 1.55. The number of rotatable bonds is 5. The zero-order valence-electron chi connectivity index (χ0n) is 16.3. The van der Waals surface area contributed by atoms with Gasteiger partial charge in [-0.15, -0.1) is 11.3 Å². The fourth-order valence-electron chi connectivity index (χ4n) is 2.93. The molecule has 2 aromatic heterocycles. The fraction of sp³-hybridized carbons (Fsp3) is 0.136.